The summed E-state index contributed by atoms with van der Waals surface area (Å²) in [5, 5.41) is 11.0. The average Bonchev–Trinajstić information content (AvgIpc) is 2.95. The van der Waals surface area contributed by atoms with E-state index in [0.29, 0.717) is 12.0 Å². The quantitative estimate of drug-likeness (QED) is 0.861. The Kier molecular flexibility index (Phi) is 2.30. The number of hydrogen-bond acceptors (Lipinski definition) is 2. The molecule has 2 atom stereocenters. The summed E-state index contributed by atoms with van der Waals surface area (Å²) in [6, 6.07) is 17.3. The van der Waals surface area contributed by atoms with E-state index in [1.807, 2.05) is 48.5 Å². The monoisotopic (exact) mass is 265 g/mol. The maximum absolute atomic E-state index is 12.6. The van der Waals surface area contributed by atoms with Crippen LogP contribution < -0.4 is 0 Å². The third-order valence-corrected chi connectivity index (χ3v) is 4.47. The van der Waals surface area contributed by atoms with Crippen LogP contribution in [-0.2, 0) is 5.72 Å². The molecule has 0 unspecified atom stereocenters. The van der Waals surface area contributed by atoms with Crippen molar-refractivity contribution in [2.45, 2.75) is 24.6 Å². The Morgan fingerprint density at radius 2 is 1.75 bits per heavy atom. The second kappa shape index (κ2) is 3.93. The number of nitrogens with zero attached hydrogens (tertiary/aromatic N) is 1. The highest BCUT2D eigenvalue weighted by Crippen LogP contribution is 2.52. The molecule has 3 heteroatoms. The molecular formula is C17H15NO2. The van der Waals surface area contributed by atoms with Crippen molar-refractivity contribution < 1.29 is 9.90 Å². The van der Waals surface area contributed by atoms with Crippen molar-refractivity contribution >= 4 is 5.91 Å². The molecule has 0 aromatic heterocycles. The lowest BCUT2D eigenvalue weighted by molar-refractivity contribution is -0.0694. The molecule has 2 aliphatic rings. The fraction of sp³-hybridized carbons (Fsp3) is 0.235. The zero-order valence-electron chi connectivity index (χ0n) is 11.0. The van der Waals surface area contributed by atoms with Crippen molar-refractivity contribution in [3.05, 3.63) is 71.3 Å². The van der Waals surface area contributed by atoms with Gasteiger partial charge in [0.15, 0.2) is 5.72 Å². The lowest BCUT2D eigenvalue weighted by Gasteiger charge is -2.31. The molecule has 2 aromatic carbocycles. The summed E-state index contributed by atoms with van der Waals surface area (Å²) >= 11 is 0. The van der Waals surface area contributed by atoms with Gasteiger partial charge in [-0.1, -0.05) is 48.5 Å². The molecule has 2 aliphatic heterocycles. The predicted molar refractivity (Wildman–Crippen MR) is 74.9 cm³/mol. The Labute approximate surface area is 117 Å². The maximum atomic E-state index is 12.6. The molecule has 0 spiro atoms. The maximum Gasteiger partial charge on any atom is 0.257 e. The number of carbonyl (C=O) groups is 1. The first-order valence-electron chi connectivity index (χ1n) is 6.92. The Balaban J connectivity index is 1.84. The highest BCUT2D eigenvalue weighted by molar-refractivity contribution is 6.00. The van der Waals surface area contributed by atoms with Crippen LogP contribution >= 0.6 is 0 Å². The minimum absolute atomic E-state index is 0.0406. The number of fused-ring (bicyclic) bond motifs is 3. The molecular weight excluding hydrogens is 250 g/mol. The molecule has 20 heavy (non-hydrogen) atoms. The normalized spacial score (nSPS) is 27.6. The van der Waals surface area contributed by atoms with Crippen LogP contribution in [-0.4, -0.2) is 15.9 Å². The molecule has 1 fully saturated rings. The van der Waals surface area contributed by atoms with Crippen LogP contribution in [0.4, 0.5) is 0 Å². The van der Waals surface area contributed by atoms with Crippen molar-refractivity contribution in [1.29, 1.82) is 0 Å². The lowest BCUT2D eigenvalue weighted by Crippen LogP contribution is -2.39. The molecule has 100 valence electrons. The molecule has 0 bridgehead atoms. The Bertz CT molecular complexity index is 682. The Hall–Kier alpha value is -2.13. The van der Waals surface area contributed by atoms with E-state index in [0.717, 1.165) is 17.5 Å². The van der Waals surface area contributed by atoms with E-state index in [4.69, 9.17) is 0 Å². The molecule has 1 amide bonds. The number of amides is 1. The summed E-state index contributed by atoms with van der Waals surface area (Å²) in [5.41, 5.74) is 1.34. The van der Waals surface area contributed by atoms with Gasteiger partial charge in [0, 0.05) is 17.5 Å². The summed E-state index contributed by atoms with van der Waals surface area (Å²) in [6.45, 7) is 0. The summed E-state index contributed by atoms with van der Waals surface area (Å²) in [5.74, 6) is -0.0607. The summed E-state index contributed by atoms with van der Waals surface area (Å²) in [7, 11) is 0. The number of benzene rings is 2. The molecule has 3 nitrogen and oxygen atoms in total. The zero-order chi connectivity index (χ0) is 13.7. The van der Waals surface area contributed by atoms with Crippen LogP contribution in [0.25, 0.3) is 0 Å². The fourth-order valence-corrected chi connectivity index (χ4v) is 3.56. The third kappa shape index (κ3) is 1.36. The van der Waals surface area contributed by atoms with Gasteiger partial charge >= 0.3 is 0 Å². The van der Waals surface area contributed by atoms with E-state index in [2.05, 4.69) is 0 Å². The minimum atomic E-state index is -1.13. The van der Waals surface area contributed by atoms with Crippen molar-refractivity contribution in [2.24, 2.45) is 0 Å². The van der Waals surface area contributed by atoms with Gasteiger partial charge in [-0.3, -0.25) is 9.69 Å². The Morgan fingerprint density at radius 1 is 1.05 bits per heavy atom. The van der Waals surface area contributed by atoms with E-state index in [-0.39, 0.29) is 11.9 Å². The van der Waals surface area contributed by atoms with Gasteiger partial charge in [-0.2, -0.15) is 0 Å². The number of aliphatic hydroxyl groups is 1. The molecule has 2 heterocycles. The summed E-state index contributed by atoms with van der Waals surface area (Å²) in [6.07, 6.45) is 1.38. The van der Waals surface area contributed by atoms with Crippen molar-refractivity contribution in [3.63, 3.8) is 0 Å². The fourth-order valence-electron chi connectivity index (χ4n) is 3.56. The van der Waals surface area contributed by atoms with Gasteiger partial charge in [0.25, 0.3) is 5.91 Å². The van der Waals surface area contributed by atoms with Crippen LogP contribution in [0.1, 0.15) is 40.4 Å². The molecule has 0 saturated carbocycles. The molecule has 4 rings (SSSR count). The van der Waals surface area contributed by atoms with E-state index in [1.54, 1.807) is 11.0 Å². The summed E-state index contributed by atoms with van der Waals surface area (Å²) in [4.78, 5) is 14.3. The second-order valence-corrected chi connectivity index (χ2v) is 5.50. The SMILES string of the molecule is O=C1c2ccccc2[C@@]2(O)CC[C@H](c3ccccc3)N12. The van der Waals surface area contributed by atoms with Gasteiger partial charge in [-0.05, 0) is 18.1 Å². The standard InChI is InChI=1S/C17H15NO2/c19-16-13-8-4-5-9-14(13)17(20)11-10-15(18(16)17)12-6-2-1-3-7-12/h1-9,15,20H,10-11H2/t15-,17+/m1/s1. The topological polar surface area (TPSA) is 40.5 Å². The minimum Gasteiger partial charge on any atom is -0.367 e. The van der Waals surface area contributed by atoms with Crippen molar-refractivity contribution in [2.75, 3.05) is 0 Å². The first-order valence-corrected chi connectivity index (χ1v) is 6.92. The van der Waals surface area contributed by atoms with Gasteiger partial charge < -0.3 is 5.11 Å². The number of rotatable bonds is 1. The van der Waals surface area contributed by atoms with Gasteiger partial charge in [0.05, 0.1) is 6.04 Å². The van der Waals surface area contributed by atoms with Crippen LogP contribution in [0.15, 0.2) is 54.6 Å². The van der Waals surface area contributed by atoms with Crippen LogP contribution in [0, 0.1) is 0 Å². The smallest absolute Gasteiger partial charge is 0.257 e. The van der Waals surface area contributed by atoms with Gasteiger partial charge in [-0.25, -0.2) is 0 Å². The molecule has 1 N–H and O–H groups in total. The lowest BCUT2D eigenvalue weighted by atomic mass is 9.98. The average molecular weight is 265 g/mol. The predicted octanol–water partition coefficient (Wildman–Crippen LogP) is 2.82. The van der Waals surface area contributed by atoms with Gasteiger partial charge in [0.1, 0.15) is 0 Å². The highest BCUT2D eigenvalue weighted by Gasteiger charge is 2.55. The summed E-state index contributed by atoms with van der Waals surface area (Å²) < 4.78 is 0. The molecule has 2 aromatic rings. The molecule has 0 radical (unpaired) electrons. The number of hydrogen-bond donors (Lipinski definition) is 1. The van der Waals surface area contributed by atoms with E-state index in [1.165, 1.54) is 0 Å². The molecule has 0 aliphatic carbocycles. The van der Waals surface area contributed by atoms with Crippen LogP contribution in [0.2, 0.25) is 0 Å². The Morgan fingerprint density at radius 3 is 2.55 bits per heavy atom. The third-order valence-electron chi connectivity index (χ3n) is 4.47. The zero-order valence-corrected chi connectivity index (χ0v) is 11.0. The van der Waals surface area contributed by atoms with Crippen LogP contribution in [0.5, 0.6) is 0 Å². The highest BCUT2D eigenvalue weighted by atomic mass is 16.3. The molecule has 1 saturated heterocycles. The largest absolute Gasteiger partial charge is 0.367 e. The van der Waals surface area contributed by atoms with Crippen molar-refractivity contribution in [1.82, 2.24) is 4.90 Å². The first-order chi connectivity index (χ1) is 9.72. The van der Waals surface area contributed by atoms with E-state index >= 15 is 0 Å². The number of carbonyl (C=O) groups excluding carboxylic acids is 1. The van der Waals surface area contributed by atoms with E-state index in [9.17, 15) is 9.90 Å². The van der Waals surface area contributed by atoms with Crippen molar-refractivity contribution in [3.8, 4) is 0 Å². The van der Waals surface area contributed by atoms with Crippen LogP contribution in [0.3, 0.4) is 0 Å². The van der Waals surface area contributed by atoms with E-state index < -0.39 is 5.72 Å². The second-order valence-electron chi connectivity index (χ2n) is 5.50. The van der Waals surface area contributed by atoms with Gasteiger partial charge in [-0.15, -0.1) is 0 Å². The first kappa shape index (κ1) is 11.7. The van der Waals surface area contributed by atoms with Gasteiger partial charge in [0.2, 0.25) is 0 Å².